The molecule has 84 valence electrons. The molecule has 0 saturated carbocycles. The molecule has 1 aliphatic heterocycles. The summed E-state index contributed by atoms with van der Waals surface area (Å²) in [6.45, 7) is 3.59. The van der Waals surface area contributed by atoms with Gasteiger partial charge < -0.3 is 14.6 Å². The minimum atomic E-state index is -0.296. The van der Waals surface area contributed by atoms with E-state index in [2.05, 4.69) is 15.2 Å². The predicted octanol–water partition coefficient (Wildman–Crippen LogP) is 1.38. The van der Waals surface area contributed by atoms with Crippen molar-refractivity contribution in [1.82, 2.24) is 10.3 Å². The van der Waals surface area contributed by atoms with Gasteiger partial charge in [0.2, 0.25) is 0 Å². The van der Waals surface area contributed by atoms with E-state index in [1.807, 2.05) is 0 Å². The van der Waals surface area contributed by atoms with Crippen LogP contribution in [0.3, 0.4) is 0 Å². The van der Waals surface area contributed by atoms with Gasteiger partial charge in [0.15, 0.2) is 5.58 Å². The molecule has 0 atom stereocenters. The number of rotatable bonds is 1. The maximum absolute atomic E-state index is 13.0. The lowest BCUT2D eigenvalue weighted by molar-refractivity contribution is 0.516. The smallest absolute Gasteiger partial charge is 0.298 e. The van der Waals surface area contributed by atoms with Crippen LogP contribution in [0.4, 0.5) is 10.4 Å². The maximum Gasteiger partial charge on any atom is 0.298 e. The van der Waals surface area contributed by atoms with Crippen LogP contribution < -0.4 is 10.2 Å². The number of nitrogens with one attached hydrogen (secondary N) is 1. The second kappa shape index (κ2) is 3.75. The van der Waals surface area contributed by atoms with Crippen LogP contribution in [0, 0.1) is 5.82 Å². The van der Waals surface area contributed by atoms with Crippen LogP contribution in [0.1, 0.15) is 0 Å². The molecule has 1 fully saturated rings. The van der Waals surface area contributed by atoms with E-state index < -0.39 is 0 Å². The van der Waals surface area contributed by atoms with Crippen molar-refractivity contribution in [3.63, 3.8) is 0 Å². The Morgan fingerprint density at radius 1 is 1.31 bits per heavy atom. The first-order chi connectivity index (χ1) is 7.83. The molecule has 3 rings (SSSR count). The number of halogens is 1. The molecule has 0 unspecified atom stereocenters. The standard InChI is InChI=1S/C11H12FN3O/c12-8-1-2-9-10(7-8)16-11(14-9)15-5-3-13-4-6-15/h1-2,7,13H,3-6H2. The lowest BCUT2D eigenvalue weighted by Gasteiger charge is -2.25. The molecular formula is C11H12FN3O. The first kappa shape index (κ1) is 9.59. The Labute approximate surface area is 92.1 Å². The quantitative estimate of drug-likeness (QED) is 0.789. The Balaban J connectivity index is 1.97. The summed E-state index contributed by atoms with van der Waals surface area (Å²) in [5.41, 5.74) is 1.21. The van der Waals surface area contributed by atoms with Crippen molar-refractivity contribution in [2.24, 2.45) is 0 Å². The van der Waals surface area contributed by atoms with E-state index in [0.717, 1.165) is 26.2 Å². The van der Waals surface area contributed by atoms with E-state index >= 15 is 0 Å². The van der Waals surface area contributed by atoms with Crippen LogP contribution in [0.15, 0.2) is 22.6 Å². The third-order valence-corrected chi connectivity index (χ3v) is 2.73. The number of anilines is 1. The Morgan fingerprint density at radius 3 is 2.94 bits per heavy atom. The summed E-state index contributed by atoms with van der Waals surface area (Å²) in [7, 11) is 0. The normalized spacial score (nSPS) is 16.9. The third-order valence-electron chi connectivity index (χ3n) is 2.73. The van der Waals surface area contributed by atoms with Gasteiger partial charge in [-0.15, -0.1) is 0 Å². The van der Waals surface area contributed by atoms with Crippen LogP contribution in [0.25, 0.3) is 11.1 Å². The van der Waals surface area contributed by atoms with Gasteiger partial charge in [0.25, 0.3) is 6.01 Å². The molecule has 1 aromatic heterocycles. The van der Waals surface area contributed by atoms with Crippen molar-refractivity contribution < 1.29 is 8.81 Å². The highest BCUT2D eigenvalue weighted by Gasteiger charge is 2.16. The predicted molar refractivity (Wildman–Crippen MR) is 59.0 cm³/mol. The van der Waals surface area contributed by atoms with Crippen molar-refractivity contribution in [1.29, 1.82) is 0 Å². The molecule has 1 aliphatic rings. The SMILES string of the molecule is Fc1ccc2nc(N3CCNCC3)oc2c1. The van der Waals surface area contributed by atoms with E-state index in [9.17, 15) is 4.39 Å². The second-order valence-corrected chi connectivity index (χ2v) is 3.85. The highest BCUT2D eigenvalue weighted by atomic mass is 19.1. The van der Waals surface area contributed by atoms with Gasteiger partial charge in [0.05, 0.1) is 0 Å². The van der Waals surface area contributed by atoms with Crippen molar-refractivity contribution in [3.8, 4) is 0 Å². The van der Waals surface area contributed by atoms with Crippen molar-refractivity contribution in [3.05, 3.63) is 24.0 Å². The highest BCUT2D eigenvalue weighted by molar-refractivity contribution is 5.74. The van der Waals surface area contributed by atoms with Crippen molar-refractivity contribution in [2.75, 3.05) is 31.1 Å². The second-order valence-electron chi connectivity index (χ2n) is 3.85. The average Bonchev–Trinajstić information content (AvgIpc) is 2.73. The first-order valence-electron chi connectivity index (χ1n) is 5.35. The van der Waals surface area contributed by atoms with Gasteiger partial charge in [-0.25, -0.2) is 4.39 Å². The Morgan fingerprint density at radius 2 is 2.12 bits per heavy atom. The van der Waals surface area contributed by atoms with Gasteiger partial charge in [-0.2, -0.15) is 4.98 Å². The minimum Gasteiger partial charge on any atom is -0.423 e. The Hall–Kier alpha value is -1.62. The van der Waals surface area contributed by atoms with E-state index in [0.29, 0.717) is 17.1 Å². The molecule has 0 amide bonds. The summed E-state index contributed by atoms with van der Waals surface area (Å²) in [4.78, 5) is 6.41. The van der Waals surface area contributed by atoms with E-state index in [1.165, 1.54) is 12.1 Å². The number of hydrogen-bond donors (Lipinski definition) is 1. The summed E-state index contributed by atoms with van der Waals surface area (Å²) in [5.74, 6) is -0.296. The molecular weight excluding hydrogens is 209 g/mol. The zero-order valence-corrected chi connectivity index (χ0v) is 8.74. The zero-order chi connectivity index (χ0) is 11.0. The van der Waals surface area contributed by atoms with Gasteiger partial charge in [-0.1, -0.05) is 0 Å². The van der Waals surface area contributed by atoms with Gasteiger partial charge >= 0.3 is 0 Å². The summed E-state index contributed by atoms with van der Waals surface area (Å²) >= 11 is 0. The van der Waals surface area contributed by atoms with Gasteiger partial charge in [-0.05, 0) is 12.1 Å². The molecule has 2 aromatic rings. The molecule has 16 heavy (non-hydrogen) atoms. The van der Waals surface area contributed by atoms with Crippen molar-refractivity contribution >= 4 is 17.1 Å². The number of benzene rings is 1. The number of fused-ring (bicyclic) bond motifs is 1. The fourth-order valence-electron chi connectivity index (χ4n) is 1.88. The fraction of sp³-hybridized carbons (Fsp3) is 0.364. The largest absolute Gasteiger partial charge is 0.423 e. The molecule has 2 heterocycles. The van der Waals surface area contributed by atoms with E-state index in [4.69, 9.17) is 4.42 Å². The van der Waals surface area contributed by atoms with Gasteiger partial charge in [-0.3, -0.25) is 0 Å². The number of nitrogens with zero attached hydrogens (tertiary/aromatic N) is 2. The summed E-state index contributed by atoms with van der Waals surface area (Å²) in [6, 6.07) is 4.99. The Kier molecular flexibility index (Phi) is 2.25. The van der Waals surface area contributed by atoms with Crippen LogP contribution in [-0.2, 0) is 0 Å². The molecule has 0 spiro atoms. The maximum atomic E-state index is 13.0. The monoisotopic (exact) mass is 221 g/mol. The van der Waals surface area contributed by atoms with Gasteiger partial charge in [0.1, 0.15) is 11.3 Å². The fourth-order valence-corrected chi connectivity index (χ4v) is 1.88. The van der Waals surface area contributed by atoms with Crippen LogP contribution in [0.2, 0.25) is 0 Å². The molecule has 1 N–H and O–H groups in total. The third kappa shape index (κ3) is 1.63. The highest BCUT2D eigenvalue weighted by Crippen LogP contribution is 2.22. The van der Waals surface area contributed by atoms with Gasteiger partial charge in [0, 0.05) is 32.2 Å². The molecule has 4 nitrogen and oxygen atoms in total. The summed E-state index contributed by atoms with van der Waals surface area (Å²) in [6.07, 6.45) is 0. The van der Waals surface area contributed by atoms with Crippen LogP contribution >= 0.6 is 0 Å². The van der Waals surface area contributed by atoms with Crippen LogP contribution in [0.5, 0.6) is 0 Å². The Bertz CT molecular complexity index is 505. The molecule has 0 radical (unpaired) electrons. The minimum absolute atomic E-state index is 0.296. The lowest BCUT2D eigenvalue weighted by Crippen LogP contribution is -2.43. The lowest BCUT2D eigenvalue weighted by atomic mass is 10.3. The first-order valence-corrected chi connectivity index (χ1v) is 5.35. The van der Waals surface area contributed by atoms with Crippen LogP contribution in [-0.4, -0.2) is 31.2 Å². The molecule has 5 heteroatoms. The number of aromatic nitrogens is 1. The molecule has 1 saturated heterocycles. The number of oxazole rings is 1. The topological polar surface area (TPSA) is 41.3 Å². The zero-order valence-electron chi connectivity index (χ0n) is 8.74. The summed E-state index contributed by atoms with van der Waals surface area (Å²) in [5, 5.41) is 3.26. The molecule has 1 aromatic carbocycles. The molecule has 0 aliphatic carbocycles. The van der Waals surface area contributed by atoms with Crippen molar-refractivity contribution in [2.45, 2.75) is 0 Å². The summed E-state index contributed by atoms with van der Waals surface area (Å²) < 4.78 is 18.5. The average molecular weight is 221 g/mol. The number of piperazine rings is 1. The molecule has 0 bridgehead atoms. The number of hydrogen-bond acceptors (Lipinski definition) is 4. The van der Waals surface area contributed by atoms with E-state index in [1.54, 1.807) is 6.07 Å². The van der Waals surface area contributed by atoms with E-state index in [-0.39, 0.29) is 5.82 Å².